The minimum absolute atomic E-state index is 0.198. The van der Waals surface area contributed by atoms with Crippen molar-refractivity contribution in [3.05, 3.63) is 33.0 Å². The van der Waals surface area contributed by atoms with Crippen LogP contribution in [0.15, 0.2) is 16.6 Å². The van der Waals surface area contributed by atoms with Gasteiger partial charge in [0, 0.05) is 10.6 Å². The molecule has 1 aromatic carbocycles. The average Bonchev–Trinajstić information content (AvgIpc) is 1.96. The molecular formula is C7H5BrClFO. The summed E-state index contributed by atoms with van der Waals surface area (Å²) in [6.45, 7) is -0.342. The molecule has 60 valence electrons. The first kappa shape index (κ1) is 8.97. The van der Waals surface area contributed by atoms with Gasteiger partial charge >= 0.3 is 0 Å². The Bertz CT molecular complexity index is 277. The van der Waals surface area contributed by atoms with E-state index < -0.39 is 5.82 Å². The van der Waals surface area contributed by atoms with Gasteiger partial charge in [0.15, 0.2) is 0 Å². The normalized spacial score (nSPS) is 10.2. The minimum Gasteiger partial charge on any atom is -0.392 e. The first-order valence-electron chi connectivity index (χ1n) is 2.89. The van der Waals surface area contributed by atoms with Crippen molar-refractivity contribution in [3.63, 3.8) is 0 Å². The zero-order valence-corrected chi connectivity index (χ0v) is 7.78. The zero-order valence-electron chi connectivity index (χ0n) is 5.44. The Morgan fingerprint density at radius 3 is 2.73 bits per heavy atom. The number of aliphatic hydroxyl groups excluding tert-OH is 1. The first-order chi connectivity index (χ1) is 5.15. The maximum Gasteiger partial charge on any atom is 0.142 e. The summed E-state index contributed by atoms with van der Waals surface area (Å²) in [5.41, 5.74) is 0.198. The van der Waals surface area contributed by atoms with E-state index in [1.165, 1.54) is 12.1 Å². The highest BCUT2D eigenvalue weighted by molar-refractivity contribution is 9.10. The molecule has 1 N–H and O–H groups in total. The molecule has 0 saturated carbocycles. The van der Waals surface area contributed by atoms with Crippen molar-refractivity contribution in [1.82, 2.24) is 0 Å². The lowest BCUT2D eigenvalue weighted by atomic mass is 10.2. The van der Waals surface area contributed by atoms with Crippen LogP contribution in [0.1, 0.15) is 5.56 Å². The van der Waals surface area contributed by atoms with Crippen LogP contribution in [0.25, 0.3) is 0 Å². The Kier molecular flexibility index (Phi) is 2.87. The van der Waals surface area contributed by atoms with Crippen molar-refractivity contribution in [1.29, 1.82) is 0 Å². The van der Waals surface area contributed by atoms with E-state index in [9.17, 15) is 4.39 Å². The molecule has 0 fully saturated rings. The topological polar surface area (TPSA) is 20.2 Å². The van der Waals surface area contributed by atoms with E-state index in [0.29, 0.717) is 5.02 Å². The number of benzene rings is 1. The largest absolute Gasteiger partial charge is 0.392 e. The molecule has 11 heavy (non-hydrogen) atoms. The number of halogens is 3. The predicted molar refractivity (Wildman–Crippen MR) is 45.0 cm³/mol. The molecule has 0 saturated heterocycles. The molecule has 0 spiro atoms. The van der Waals surface area contributed by atoms with Crippen LogP contribution in [0, 0.1) is 5.82 Å². The quantitative estimate of drug-likeness (QED) is 0.747. The molecule has 1 rings (SSSR count). The predicted octanol–water partition coefficient (Wildman–Crippen LogP) is 2.73. The maximum absolute atomic E-state index is 12.9. The number of hydrogen-bond donors (Lipinski definition) is 1. The second-order valence-corrected chi connectivity index (χ2v) is 3.31. The van der Waals surface area contributed by atoms with Crippen molar-refractivity contribution < 1.29 is 9.50 Å². The highest BCUT2D eigenvalue weighted by Crippen LogP contribution is 2.23. The Morgan fingerprint density at radius 1 is 1.55 bits per heavy atom. The van der Waals surface area contributed by atoms with Gasteiger partial charge in [0.2, 0.25) is 0 Å². The van der Waals surface area contributed by atoms with Crippen molar-refractivity contribution in [3.8, 4) is 0 Å². The van der Waals surface area contributed by atoms with Crippen LogP contribution in [-0.4, -0.2) is 5.11 Å². The van der Waals surface area contributed by atoms with Gasteiger partial charge in [0.05, 0.1) is 11.1 Å². The summed E-state index contributed by atoms with van der Waals surface area (Å²) >= 11 is 8.56. The fourth-order valence-electron chi connectivity index (χ4n) is 0.724. The van der Waals surface area contributed by atoms with Crippen LogP contribution in [0.4, 0.5) is 4.39 Å². The fraction of sp³-hybridized carbons (Fsp3) is 0.143. The standard InChI is InChI=1S/C7H5BrClFO/c8-6-2-5(9)1-4(3-11)7(6)10/h1-2,11H,3H2. The average molecular weight is 239 g/mol. The van der Waals surface area contributed by atoms with Crippen LogP contribution in [-0.2, 0) is 6.61 Å². The van der Waals surface area contributed by atoms with Crippen molar-refractivity contribution in [2.45, 2.75) is 6.61 Å². The van der Waals surface area contributed by atoms with Gasteiger partial charge in [-0.15, -0.1) is 0 Å². The lowest BCUT2D eigenvalue weighted by Crippen LogP contribution is -1.90. The van der Waals surface area contributed by atoms with Crippen LogP contribution < -0.4 is 0 Å². The van der Waals surface area contributed by atoms with E-state index in [2.05, 4.69) is 15.9 Å². The third-order valence-electron chi connectivity index (χ3n) is 1.24. The molecule has 0 aliphatic heterocycles. The number of aliphatic hydroxyl groups is 1. The molecule has 0 amide bonds. The second kappa shape index (κ2) is 3.52. The molecule has 0 aliphatic rings. The van der Waals surface area contributed by atoms with Gasteiger partial charge in [0.1, 0.15) is 5.82 Å². The van der Waals surface area contributed by atoms with E-state index in [4.69, 9.17) is 16.7 Å². The number of hydrogen-bond acceptors (Lipinski definition) is 1. The van der Waals surface area contributed by atoms with Crippen LogP contribution in [0.2, 0.25) is 5.02 Å². The maximum atomic E-state index is 12.9. The van der Waals surface area contributed by atoms with Gasteiger partial charge < -0.3 is 5.11 Å². The summed E-state index contributed by atoms with van der Waals surface area (Å²) in [7, 11) is 0. The summed E-state index contributed by atoms with van der Waals surface area (Å²) < 4.78 is 13.2. The molecule has 0 heterocycles. The lowest BCUT2D eigenvalue weighted by molar-refractivity contribution is 0.275. The number of rotatable bonds is 1. The van der Waals surface area contributed by atoms with Gasteiger partial charge in [-0.05, 0) is 28.1 Å². The van der Waals surface area contributed by atoms with Crippen molar-refractivity contribution >= 4 is 27.5 Å². The molecule has 0 bridgehead atoms. The first-order valence-corrected chi connectivity index (χ1v) is 4.06. The smallest absolute Gasteiger partial charge is 0.142 e. The minimum atomic E-state index is -0.461. The lowest BCUT2D eigenvalue weighted by Gasteiger charge is -2.01. The zero-order chi connectivity index (χ0) is 8.43. The van der Waals surface area contributed by atoms with Gasteiger partial charge in [-0.3, -0.25) is 0 Å². The molecular weight excluding hydrogens is 234 g/mol. The highest BCUT2D eigenvalue weighted by atomic mass is 79.9. The van der Waals surface area contributed by atoms with Gasteiger partial charge in [-0.2, -0.15) is 0 Å². The fourth-order valence-corrected chi connectivity index (χ4v) is 1.60. The summed E-state index contributed by atoms with van der Waals surface area (Å²) in [5, 5.41) is 9.05. The molecule has 0 aliphatic carbocycles. The molecule has 4 heteroatoms. The SMILES string of the molecule is OCc1cc(Cl)cc(Br)c1F. The molecule has 0 aromatic heterocycles. The molecule has 1 nitrogen and oxygen atoms in total. The highest BCUT2D eigenvalue weighted by Gasteiger charge is 2.06. The Balaban J connectivity index is 3.24. The second-order valence-electron chi connectivity index (χ2n) is 2.02. The Labute approximate surface area is 76.9 Å². The van der Waals surface area contributed by atoms with E-state index >= 15 is 0 Å². The molecule has 0 atom stereocenters. The molecule has 0 radical (unpaired) electrons. The third-order valence-corrected chi connectivity index (χ3v) is 2.03. The van der Waals surface area contributed by atoms with E-state index in [-0.39, 0.29) is 16.6 Å². The Hall–Kier alpha value is -0.120. The molecule has 0 unspecified atom stereocenters. The van der Waals surface area contributed by atoms with Gasteiger partial charge in [-0.25, -0.2) is 4.39 Å². The van der Waals surface area contributed by atoms with Crippen molar-refractivity contribution in [2.75, 3.05) is 0 Å². The summed E-state index contributed by atoms with van der Waals surface area (Å²) in [5.74, 6) is -0.461. The summed E-state index contributed by atoms with van der Waals surface area (Å²) in [4.78, 5) is 0. The van der Waals surface area contributed by atoms with Crippen LogP contribution >= 0.6 is 27.5 Å². The summed E-state index contributed by atoms with van der Waals surface area (Å²) in [6.07, 6.45) is 0. The Morgan fingerprint density at radius 2 is 2.18 bits per heavy atom. The van der Waals surface area contributed by atoms with Gasteiger partial charge in [-0.1, -0.05) is 11.6 Å². The van der Waals surface area contributed by atoms with Gasteiger partial charge in [0.25, 0.3) is 0 Å². The van der Waals surface area contributed by atoms with Crippen molar-refractivity contribution in [2.24, 2.45) is 0 Å². The van der Waals surface area contributed by atoms with E-state index in [1.54, 1.807) is 0 Å². The third kappa shape index (κ3) is 1.92. The van der Waals surface area contributed by atoms with E-state index in [1.807, 2.05) is 0 Å². The van der Waals surface area contributed by atoms with Crippen LogP contribution in [0.3, 0.4) is 0 Å². The van der Waals surface area contributed by atoms with E-state index in [0.717, 1.165) is 0 Å². The molecule has 1 aromatic rings. The van der Waals surface area contributed by atoms with Crippen LogP contribution in [0.5, 0.6) is 0 Å². The summed E-state index contributed by atoms with van der Waals surface area (Å²) in [6, 6.07) is 2.83. The monoisotopic (exact) mass is 238 g/mol.